The molecule has 3 heteroatoms. The molecule has 0 bridgehead atoms. The van der Waals surface area contributed by atoms with Crippen LogP contribution in [0.2, 0.25) is 13.1 Å². The maximum atomic E-state index is 2.54. The minimum absolute atomic E-state index is 1.21. The number of hydrogen-bond acceptors (Lipinski definition) is 2. The second-order valence-corrected chi connectivity index (χ2v) is 25.5. The Kier molecular flexibility index (Phi) is 12.4. The van der Waals surface area contributed by atoms with Crippen molar-refractivity contribution in [2.24, 2.45) is 0 Å². The largest absolute Gasteiger partial charge is 0.309 e. The minimum atomic E-state index is -2.22. The van der Waals surface area contributed by atoms with Gasteiger partial charge in [0.1, 0.15) is 8.07 Å². The molecule has 0 aromatic heterocycles. The third-order valence-corrected chi connectivity index (χ3v) is 18.5. The summed E-state index contributed by atoms with van der Waals surface area (Å²) >= 11 is 0. The fourth-order valence-electron chi connectivity index (χ4n) is 12.3. The predicted octanol–water partition coefficient (Wildman–Crippen LogP) is 17.6. The monoisotopic (exact) mass is 919 g/mol. The Hall–Kier alpha value is -6.68. The summed E-state index contributed by atoms with van der Waals surface area (Å²) in [5, 5.41) is 2.95. The van der Waals surface area contributed by atoms with Gasteiger partial charge in [-0.2, -0.15) is 0 Å². The Morgan fingerprint density at radius 2 is 0.580 bits per heavy atom. The van der Waals surface area contributed by atoms with Crippen LogP contribution in [0.3, 0.4) is 0 Å². The Balaban J connectivity index is 1.15. The number of hydrogen-bond donors (Lipinski definition) is 0. The molecule has 8 aromatic rings. The predicted molar refractivity (Wildman–Crippen MR) is 305 cm³/mol. The average Bonchev–Trinajstić information content (AvgIpc) is 3.37. The van der Waals surface area contributed by atoms with E-state index in [-0.39, 0.29) is 0 Å². The number of rotatable bonds is 8. The van der Waals surface area contributed by atoms with Crippen molar-refractivity contribution in [2.45, 2.75) is 110 Å². The van der Waals surface area contributed by atoms with E-state index in [0.29, 0.717) is 0 Å². The fourth-order valence-corrected chi connectivity index (χ4v) is 15.4. The molecule has 0 fully saturated rings. The smallest absolute Gasteiger partial charge is 0.113 e. The van der Waals surface area contributed by atoms with Gasteiger partial charge in [0.05, 0.1) is 22.7 Å². The molecule has 0 amide bonds. The summed E-state index contributed by atoms with van der Waals surface area (Å²) in [6.07, 6.45) is 4.86. The van der Waals surface area contributed by atoms with E-state index in [1.165, 1.54) is 156 Å². The molecule has 69 heavy (non-hydrogen) atoms. The van der Waals surface area contributed by atoms with Gasteiger partial charge in [0.15, 0.2) is 0 Å². The van der Waals surface area contributed by atoms with Crippen LogP contribution in [0, 0.1) is 96.9 Å². The van der Waals surface area contributed by atoms with E-state index >= 15 is 0 Å². The molecule has 1 aliphatic heterocycles. The lowest BCUT2D eigenvalue weighted by Crippen LogP contribution is -2.54. The van der Waals surface area contributed by atoms with E-state index in [0.717, 1.165) is 0 Å². The van der Waals surface area contributed by atoms with Gasteiger partial charge in [-0.15, -0.1) is 0 Å². The van der Waals surface area contributed by atoms with Gasteiger partial charge >= 0.3 is 0 Å². The Labute approximate surface area is 415 Å². The highest BCUT2D eigenvalue weighted by molar-refractivity contribution is 7.01. The van der Waals surface area contributed by atoms with Gasteiger partial charge in [0.25, 0.3) is 0 Å². The van der Waals surface area contributed by atoms with Crippen molar-refractivity contribution >= 4 is 64.7 Å². The molecule has 0 unspecified atom stereocenters. The highest BCUT2D eigenvalue weighted by atomic mass is 28.3. The van der Waals surface area contributed by atoms with E-state index in [1.54, 1.807) is 0 Å². The third kappa shape index (κ3) is 8.39. The lowest BCUT2D eigenvalue weighted by molar-refractivity contribution is 1.15. The first kappa shape index (κ1) is 47.4. The molecule has 0 atom stereocenters. The van der Waals surface area contributed by atoms with Crippen molar-refractivity contribution in [1.29, 1.82) is 0 Å². The van der Waals surface area contributed by atoms with Crippen LogP contribution in [0.1, 0.15) is 89.0 Å². The molecule has 0 N–H and O–H groups in total. The molecule has 0 spiro atoms. The number of anilines is 6. The maximum Gasteiger partial charge on any atom is 0.113 e. The average molecular weight is 919 g/mol. The second kappa shape index (κ2) is 18.0. The topological polar surface area (TPSA) is 6.48 Å². The molecule has 0 radical (unpaired) electrons. The fraction of sp³-hybridized carbons (Fsp3) is 0.242. The summed E-state index contributed by atoms with van der Waals surface area (Å²) in [6, 6.07) is 47.0. The Bertz CT molecular complexity index is 2980. The van der Waals surface area contributed by atoms with Crippen LogP contribution < -0.4 is 20.2 Å². The molecule has 0 aliphatic carbocycles. The van der Waals surface area contributed by atoms with Crippen molar-refractivity contribution in [3.63, 3.8) is 0 Å². The molecule has 1 aliphatic rings. The first-order valence-corrected chi connectivity index (χ1v) is 27.8. The second-order valence-electron chi connectivity index (χ2n) is 21.2. The zero-order chi connectivity index (χ0) is 49.4. The summed E-state index contributed by atoms with van der Waals surface area (Å²) < 4.78 is 0. The van der Waals surface area contributed by atoms with Gasteiger partial charge in [-0.05, 0) is 221 Å². The van der Waals surface area contributed by atoms with E-state index in [2.05, 4.69) is 253 Å². The van der Waals surface area contributed by atoms with Gasteiger partial charge in [-0.1, -0.05) is 145 Å². The van der Waals surface area contributed by atoms with Crippen molar-refractivity contribution in [2.75, 3.05) is 9.80 Å². The molecule has 348 valence electrons. The van der Waals surface area contributed by atoms with Crippen LogP contribution in [0.4, 0.5) is 34.1 Å². The van der Waals surface area contributed by atoms with Crippen molar-refractivity contribution < 1.29 is 0 Å². The zero-order valence-corrected chi connectivity index (χ0v) is 45.1. The number of aryl methyl sites for hydroxylation is 14. The quantitative estimate of drug-likeness (QED) is 0.140. The zero-order valence-electron chi connectivity index (χ0n) is 44.1. The molecule has 8 aromatic carbocycles. The first-order valence-electron chi connectivity index (χ1n) is 24.8. The Morgan fingerprint density at radius 3 is 0.841 bits per heavy atom. The van der Waals surface area contributed by atoms with Crippen molar-refractivity contribution in [1.82, 2.24) is 0 Å². The molecular weight excluding hydrogens is 849 g/mol. The number of nitrogens with zero attached hydrogens (tertiary/aromatic N) is 2. The molecule has 0 saturated heterocycles. The molecule has 9 rings (SSSR count). The molecular formula is C66H70N2Si. The maximum absolute atomic E-state index is 2.54. The van der Waals surface area contributed by atoms with Crippen LogP contribution in [0.5, 0.6) is 0 Å². The summed E-state index contributed by atoms with van der Waals surface area (Å²) in [4.78, 5) is 5.07. The standard InChI is InChI=1S/C66H70N2Si/c1-39-29-45(7)63(46(8)30-39)67(64-47(9)31-40(2)32-48(64)10)59-27-23-53(37-43(59)5)55-19-17-21-61-57(55)25-26-58-56(20-18-22-62(58)69(61,15)16)54-24-28-60(44(6)38-54)68(65-49(11)33-41(3)34-50(65)12)66-51(13)35-42(4)36-52(66)14/h17-38H,1-16H3. The minimum Gasteiger partial charge on any atom is -0.309 e. The summed E-state index contributed by atoms with van der Waals surface area (Å²) in [7, 11) is -2.22. The van der Waals surface area contributed by atoms with Crippen LogP contribution in [0.15, 0.2) is 121 Å². The summed E-state index contributed by atoms with van der Waals surface area (Å²) in [5.41, 5.74) is 33.2. The SMILES string of the molecule is Cc1cc(C)c(N(c2ccc(-c3cccc4c3C=Cc3c(-c5ccc(N(c6c(C)cc(C)cc6C)c6c(C)cc(C)cc6C)c(C)c5)cccc3[Si]4(C)C)cc2C)c2c(C)cc(C)cc2C)c(C)c1. The lowest BCUT2D eigenvalue weighted by atomic mass is 9.93. The normalized spacial score (nSPS) is 12.7. The lowest BCUT2D eigenvalue weighted by Gasteiger charge is -2.33. The molecule has 1 heterocycles. The van der Waals surface area contributed by atoms with Gasteiger partial charge < -0.3 is 9.80 Å². The number of fused-ring (bicyclic) bond motifs is 2. The summed E-state index contributed by atoms with van der Waals surface area (Å²) in [5.74, 6) is 0. The van der Waals surface area contributed by atoms with Gasteiger partial charge in [-0.3, -0.25) is 0 Å². The van der Waals surface area contributed by atoms with Crippen molar-refractivity contribution in [3.8, 4) is 22.3 Å². The van der Waals surface area contributed by atoms with Gasteiger partial charge in [-0.25, -0.2) is 0 Å². The van der Waals surface area contributed by atoms with Crippen LogP contribution in [0.25, 0.3) is 34.4 Å². The van der Waals surface area contributed by atoms with E-state index in [4.69, 9.17) is 0 Å². The molecule has 2 nitrogen and oxygen atoms in total. The van der Waals surface area contributed by atoms with Gasteiger partial charge in [0.2, 0.25) is 0 Å². The van der Waals surface area contributed by atoms with E-state index in [9.17, 15) is 0 Å². The van der Waals surface area contributed by atoms with Crippen LogP contribution in [-0.2, 0) is 0 Å². The highest BCUT2D eigenvalue weighted by Gasteiger charge is 2.34. The number of benzene rings is 8. The van der Waals surface area contributed by atoms with Crippen LogP contribution >= 0.6 is 0 Å². The third-order valence-electron chi connectivity index (χ3n) is 14.9. The van der Waals surface area contributed by atoms with E-state index in [1.807, 2.05) is 0 Å². The van der Waals surface area contributed by atoms with E-state index < -0.39 is 8.07 Å². The first-order chi connectivity index (χ1) is 32.7. The Morgan fingerprint density at radius 1 is 0.304 bits per heavy atom. The molecule has 0 saturated carbocycles. The highest BCUT2D eigenvalue weighted by Crippen LogP contribution is 2.47. The summed E-state index contributed by atoms with van der Waals surface area (Å²) in [6.45, 7) is 36.6. The van der Waals surface area contributed by atoms with Crippen LogP contribution in [-0.4, -0.2) is 8.07 Å². The van der Waals surface area contributed by atoms with Crippen molar-refractivity contribution in [3.05, 3.63) is 210 Å². The van der Waals surface area contributed by atoms with Gasteiger partial charge in [0, 0.05) is 11.4 Å².